The molecule has 4 aliphatic carbocycles. The molecule has 2 aliphatic heterocycles. The second-order valence-corrected chi connectivity index (χ2v) is 14.8. The summed E-state index contributed by atoms with van der Waals surface area (Å²) < 4.78 is 5.94. The number of ether oxygens (including phenoxy) is 1. The van der Waals surface area contributed by atoms with Crippen molar-refractivity contribution in [3.8, 4) is 0 Å². The minimum atomic E-state index is -1.24. The quantitative estimate of drug-likeness (QED) is 0.211. The molecule has 38 heavy (non-hydrogen) atoms. The van der Waals surface area contributed by atoms with Crippen LogP contribution in [0, 0.1) is 28.6 Å². The number of carbonyl (C=O) groups excluding carboxylic acids is 1. The van der Waals surface area contributed by atoms with Crippen LogP contribution >= 0.6 is 0 Å². The first-order valence-corrected chi connectivity index (χ1v) is 15.0. The molecule has 4 saturated carbocycles. The first-order valence-electron chi connectivity index (χ1n) is 15.0. The maximum Gasteiger partial charge on any atom is 0.249 e. The van der Waals surface area contributed by atoms with Crippen molar-refractivity contribution in [1.82, 2.24) is 26.6 Å². The smallest absolute Gasteiger partial charge is 0.249 e. The summed E-state index contributed by atoms with van der Waals surface area (Å²) >= 11 is 0. The van der Waals surface area contributed by atoms with Crippen molar-refractivity contribution in [3.05, 3.63) is 12.2 Å². The Bertz CT molecular complexity index is 1050. The highest BCUT2D eigenvalue weighted by atomic mass is 16.5. The average molecular weight is 530 g/mol. The minimum absolute atomic E-state index is 0.0527. The zero-order chi connectivity index (χ0) is 27.7. The molecular weight excluding hydrogens is 478 g/mol. The number of aliphatic hydroxyl groups is 1. The Morgan fingerprint density at radius 1 is 1.13 bits per heavy atom. The van der Waals surface area contributed by atoms with Crippen LogP contribution in [-0.4, -0.2) is 64.9 Å². The number of hydrogen-bond donors (Lipinski definition) is 6. The maximum absolute atomic E-state index is 13.2. The molecule has 2 heterocycles. The van der Waals surface area contributed by atoms with Crippen molar-refractivity contribution in [2.24, 2.45) is 28.6 Å². The molecule has 6 N–H and O–H groups in total. The SMILES string of the molecule is C=C(C)C1(C(=O)NC2CCC(C)C(NC3NC4(C56CC5(C)C(C)C[C@H]6C(C)OC)C[C@]4(C)N3)C2)NC1(C)O. The van der Waals surface area contributed by atoms with Gasteiger partial charge in [0.1, 0.15) is 12.0 Å². The fourth-order valence-corrected chi connectivity index (χ4v) is 10.1. The van der Waals surface area contributed by atoms with Crippen LogP contribution in [0.4, 0.5) is 0 Å². The molecule has 8 nitrogen and oxygen atoms in total. The van der Waals surface area contributed by atoms with Crippen LogP contribution < -0.4 is 26.6 Å². The fourth-order valence-electron chi connectivity index (χ4n) is 10.1. The molecule has 13 atom stereocenters. The van der Waals surface area contributed by atoms with Gasteiger partial charge < -0.3 is 15.2 Å². The molecule has 0 aromatic heterocycles. The minimum Gasteiger partial charge on any atom is -0.381 e. The van der Waals surface area contributed by atoms with Crippen molar-refractivity contribution in [1.29, 1.82) is 0 Å². The molecular formula is C30H51N5O3. The van der Waals surface area contributed by atoms with Gasteiger partial charge in [-0.15, -0.1) is 0 Å². The number of nitrogens with one attached hydrogen (secondary N) is 5. The topological polar surface area (TPSA) is 117 Å². The Morgan fingerprint density at radius 3 is 2.39 bits per heavy atom. The lowest BCUT2D eigenvalue weighted by molar-refractivity contribution is -0.125. The van der Waals surface area contributed by atoms with E-state index in [1.54, 1.807) is 13.8 Å². The van der Waals surface area contributed by atoms with Crippen LogP contribution in [0.2, 0.25) is 0 Å². The lowest BCUT2D eigenvalue weighted by Crippen LogP contribution is -2.60. The van der Waals surface area contributed by atoms with Gasteiger partial charge in [0.2, 0.25) is 5.91 Å². The van der Waals surface area contributed by atoms with E-state index in [1.165, 1.54) is 19.3 Å². The lowest BCUT2D eigenvalue weighted by atomic mass is 9.75. The molecule has 2 saturated heterocycles. The van der Waals surface area contributed by atoms with Gasteiger partial charge in [-0.2, -0.15) is 0 Å². The van der Waals surface area contributed by atoms with E-state index in [0.717, 1.165) is 19.3 Å². The molecule has 6 aliphatic rings. The van der Waals surface area contributed by atoms with Gasteiger partial charge in [-0.1, -0.05) is 27.4 Å². The Hall–Kier alpha value is -1.03. The van der Waals surface area contributed by atoms with Crippen LogP contribution in [0.5, 0.6) is 0 Å². The normalized spacial score (nSPS) is 57.1. The molecule has 214 valence electrons. The number of methoxy groups -OCH3 is 1. The van der Waals surface area contributed by atoms with Crippen molar-refractivity contribution in [3.63, 3.8) is 0 Å². The summed E-state index contributed by atoms with van der Waals surface area (Å²) in [5.74, 6) is 1.63. The van der Waals surface area contributed by atoms with Gasteiger partial charge in [-0.05, 0) is 95.0 Å². The van der Waals surface area contributed by atoms with Crippen LogP contribution in [-0.2, 0) is 9.53 Å². The number of hydrogen-bond acceptors (Lipinski definition) is 7. The summed E-state index contributed by atoms with van der Waals surface area (Å²) in [5, 5.41) is 28.7. The van der Waals surface area contributed by atoms with E-state index in [0.29, 0.717) is 28.7 Å². The lowest BCUT2D eigenvalue weighted by Gasteiger charge is -2.39. The Kier molecular flexibility index (Phi) is 5.74. The zero-order valence-electron chi connectivity index (χ0n) is 24.8. The second kappa shape index (κ2) is 8.04. The zero-order valence-corrected chi connectivity index (χ0v) is 24.8. The number of rotatable bonds is 8. The van der Waals surface area contributed by atoms with Crippen LogP contribution in [0.3, 0.4) is 0 Å². The highest BCUT2D eigenvalue weighted by Crippen LogP contribution is 2.87. The van der Waals surface area contributed by atoms with Gasteiger partial charge in [0, 0.05) is 35.7 Å². The van der Waals surface area contributed by atoms with Crippen molar-refractivity contribution < 1.29 is 14.6 Å². The van der Waals surface area contributed by atoms with Gasteiger partial charge in [-0.25, -0.2) is 0 Å². The van der Waals surface area contributed by atoms with Gasteiger partial charge in [0.15, 0.2) is 5.54 Å². The second-order valence-electron chi connectivity index (χ2n) is 14.8. The molecule has 0 aromatic carbocycles. The van der Waals surface area contributed by atoms with E-state index >= 15 is 0 Å². The molecule has 1 amide bonds. The van der Waals surface area contributed by atoms with Crippen LogP contribution in [0.25, 0.3) is 0 Å². The highest BCUT2D eigenvalue weighted by Gasteiger charge is 2.91. The molecule has 0 radical (unpaired) electrons. The highest BCUT2D eigenvalue weighted by molar-refractivity contribution is 5.95. The number of amides is 1. The Balaban J connectivity index is 1.14. The standard InChI is InChI=1S/C30H51N5O3/c1-16(2)30(27(8,37)35-30)23(36)31-20-11-10-17(3)22(13-20)32-24-33-26(7)15-29(26,34-24)28-14-25(28,6)18(4)12-21(28)19(5)38-9/h17-22,24,32-35,37H,1,10-15H2,2-9H3,(H,31,36)/t17?,18?,19?,20?,21-,22?,24?,25?,26-,27?,28?,29?,30?/m0/s1. The van der Waals surface area contributed by atoms with Gasteiger partial charge >= 0.3 is 0 Å². The van der Waals surface area contributed by atoms with Gasteiger partial charge in [0.05, 0.1) is 6.10 Å². The maximum atomic E-state index is 13.2. The summed E-state index contributed by atoms with van der Waals surface area (Å²) in [5.41, 5.74) is -0.857. The molecule has 11 unspecified atom stereocenters. The summed E-state index contributed by atoms with van der Waals surface area (Å²) in [7, 11) is 1.87. The molecule has 0 aromatic rings. The first kappa shape index (κ1) is 27.2. The summed E-state index contributed by atoms with van der Waals surface area (Å²) in [4.78, 5) is 13.2. The largest absolute Gasteiger partial charge is 0.381 e. The third kappa shape index (κ3) is 3.22. The third-order valence-electron chi connectivity index (χ3n) is 12.8. The van der Waals surface area contributed by atoms with Crippen LogP contribution in [0.1, 0.15) is 87.0 Å². The molecule has 6 fully saturated rings. The predicted molar refractivity (Wildman–Crippen MR) is 148 cm³/mol. The van der Waals surface area contributed by atoms with Crippen molar-refractivity contribution in [2.75, 3.05) is 7.11 Å². The van der Waals surface area contributed by atoms with Crippen molar-refractivity contribution >= 4 is 5.91 Å². The van der Waals surface area contributed by atoms with Gasteiger partial charge in [0.25, 0.3) is 0 Å². The Morgan fingerprint density at radius 2 is 1.82 bits per heavy atom. The van der Waals surface area contributed by atoms with Crippen LogP contribution in [0.15, 0.2) is 12.2 Å². The summed E-state index contributed by atoms with van der Waals surface area (Å²) in [6.07, 6.45) is 6.89. The molecule has 6 rings (SSSR count). The first-order chi connectivity index (χ1) is 17.6. The van der Waals surface area contributed by atoms with E-state index in [2.05, 4.69) is 67.8 Å². The van der Waals surface area contributed by atoms with E-state index in [-0.39, 0.29) is 46.9 Å². The van der Waals surface area contributed by atoms with E-state index in [9.17, 15) is 9.90 Å². The molecule has 0 spiro atoms. The van der Waals surface area contributed by atoms with E-state index in [1.807, 2.05) is 7.11 Å². The Labute approximate surface area is 228 Å². The third-order valence-corrected chi connectivity index (χ3v) is 12.8. The molecule has 0 bridgehead atoms. The summed E-state index contributed by atoms with van der Waals surface area (Å²) in [6.45, 7) is 19.4. The van der Waals surface area contributed by atoms with Crippen molar-refractivity contribution in [2.45, 2.75) is 134 Å². The fraction of sp³-hybridized carbons (Fsp3) is 0.900. The predicted octanol–water partition coefficient (Wildman–Crippen LogP) is 2.34. The van der Waals surface area contributed by atoms with E-state index < -0.39 is 11.3 Å². The summed E-state index contributed by atoms with van der Waals surface area (Å²) in [6, 6.07) is 0.351. The molecule has 8 heteroatoms. The average Bonchev–Trinajstić information content (AvgIpc) is 3.73. The monoisotopic (exact) mass is 529 g/mol. The van der Waals surface area contributed by atoms with Gasteiger partial charge in [-0.3, -0.25) is 26.1 Å². The number of carbonyl (C=O) groups is 1. The van der Waals surface area contributed by atoms with E-state index in [4.69, 9.17) is 4.74 Å². The number of fused-ring (bicyclic) bond motifs is 3.